The maximum Gasteiger partial charge on any atom is 0.142 e. The largest absolute Gasteiger partial charge is 0.353 e. The lowest BCUT2D eigenvalue weighted by Gasteiger charge is -2.33. The van der Waals surface area contributed by atoms with Gasteiger partial charge in [0.15, 0.2) is 0 Å². The van der Waals surface area contributed by atoms with E-state index in [0.717, 1.165) is 25.2 Å². The van der Waals surface area contributed by atoms with Crippen molar-refractivity contribution in [1.82, 2.24) is 4.98 Å². The molecule has 0 atom stereocenters. The highest BCUT2D eigenvalue weighted by Gasteiger charge is 2.18. The van der Waals surface area contributed by atoms with Crippen LogP contribution >= 0.6 is 0 Å². The SMILES string of the molecule is CCC(CC)N(CC(C)C)c1cccc(C#N)n1. The number of nitriles is 1. The van der Waals surface area contributed by atoms with Gasteiger partial charge in [-0.3, -0.25) is 0 Å². The topological polar surface area (TPSA) is 39.9 Å². The fraction of sp³-hybridized carbons (Fsp3) is 0.600. The maximum atomic E-state index is 8.95. The Morgan fingerprint density at radius 3 is 2.44 bits per heavy atom. The summed E-state index contributed by atoms with van der Waals surface area (Å²) in [6, 6.07) is 8.28. The smallest absolute Gasteiger partial charge is 0.142 e. The number of pyridine rings is 1. The van der Waals surface area contributed by atoms with E-state index in [1.54, 1.807) is 6.07 Å². The lowest BCUT2D eigenvalue weighted by molar-refractivity contribution is 0.503. The molecular formula is C15H23N3. The number of aromatic nitrogens is 1. The van der Waals surface area contributed by atoms with Crippen LogP contribution in [0.3, 0.4) is 0 Å². The summed E-state index contributed by atoms with van der Waals surface area (Å²) in [5.74, 6) is 1.51. The molecule has 1 heterocycles. The molecule has 18 heavy (non-hydrogen) atoms. The highest BCUT2D eigenvalue weighted by molar-refractivity contribution is 5.42. The average molecular weight is 245 g/mol. The van der Waals surface area contributed by atoms with Crippen molar-refractivity contribution in [1.29, 1.82) is 5.26 Å². The van der Waals surface area contributed by atoms with Gasteiger partial charge in [-0.05, 0) is 30.9 Å². The molecule has 0 amide bonds. The van der Waals surface area contributed by atoms with Gasteiger partial charge in [-0.15, -0.1) is 0 Å². The normalized spacial score (nSPS) is 10.7. The fourth-order valence-electron chi connectivity index (χ4n) is 2.20. The summed E-state index contributed by atoms with van der Waals surface area (Å²) in [6.07, 6.45) is 2.20. The molecule has 0 aliphatic heterocycles. The van der Waals surface area contributed by atoms with E-state index in [4.69, 9.17) is 5.26 Å². The summed E-state index contributed by atoms with van der Waals surface area (Å²) in [5.41, 5.74) is 0.493. The Kier molecular flexibility index (Phi) is 5.64. The summed E-state index contributed by atoms with van der Waals surface area (Å²) in [7, 11) is 0. The minimum atomic E-state index is 0.493. The lowest BCUT2D eigenvalue weighted by Crippen LogP contribution is -2.38. The van der Waals surface area contributed by atoms with E-state index < -0.39 is 0 Å². The van der Waals surface area contributed by atoms with Crippen molar-refractivity contribution >= 4 is 5.82 Å². The second kappa shape index (κ2) is 7.00. The first kappa shape index (κ1) is 14.5. The van der Waals surface area contributed by atoms with Gasteiger partial charge >= 0.3 is 0 Å². The third-order valence-electron chi connectivity index (χ3n) is 3.09. The highest BCUT2D eigenvalue weighted by atomic mass is 15.2. The molecule has 0 aromatic carbocycles. The molecule has 0 saturated carbocycles. The van der Waals surface area contributed by atoms with Crippen LogP contribution in [0.5, 0.6) is 0 Å². The Morgan fingerprint density at radius 1 is 1.28 bits per heavy atom. The van der Waals surface area contributed by atoms with Gasteiger partial charge in [0.2, 0.25) is 0 Å². The zero-order valence-corrected chi connectivity index (χ0v) is 11.8. The summed E-state index contributed by atoms with van der Waals surface area (Å²) >= 11 is 0. The number of nitrogens with zero attached hydrogens (tertiary/aromatic N) is 3. The molecule has 0 spiro atoms. The van der Waals surface area contributed by atoms with Crippen LogP contribution in [0.2, 0.25) is 0 Å². The van der Waals surface area contributed by atoms with Crippen LogP contribution in [0.15, 0.2) is 18.2 Å². The number of anilines is 1. The molecule has 0 saturated heterocycles. The highest BCUT2D eigenvalue weighted by Crippen LogP contribution is 2.20. The van der Waals surface area contributed by atoms with Gasteiger partial charge < -0.3 is 4.90 Å². The quantitative estimate of drug-likeness (QED) is 0.768. The van der Waals surface area contributed by atoms with Gasteiger partial charge in [0.25, 0.3) is 0 Å². The molecule has 0 aliphatic carbocycles. The zero-order chi connectivity index (χ0) is 13.5. The Hall–Kier alpha value is -1.56. The Balaban J connectivity index is 3.04. The van der Waals surface area contributed by atoms with E-state index in [1.165, 1.54) is 0 Å². The second-order valence-corrected chi connectivity index (χ2v) is 5.01. The number of hydrogen-bond donors (Lipinski definition) is 0. The third-order valence-corrected chi connectivity index (χ3v) is 3.09. The van der Waals surface area contributed by atoms with Crippen molar-refractivity contribution in [2.24, 2.45) is 5.92 Å². The summed E-state index contributed by atoms with van der Waals surface area (Å²) < 4.78 is 0. The molecular weight excluding hydrogens is 222 g/mol. The summed E-state index contributed by atoms with van der Waals surface area (Å²) in [5, 5.41) is 8.95. The van der Waals surface area contributed by atoms with E-state index in [9.17, 15) is 0 Å². The molecule has 1 aromatic heterocycles. The van der Waals surface area contributed by atoms with E-state index in [2.05, 4.69) is 43.6 Å². The standard InChI is InChI=1S/C15H23N3/c1-5-14(6-2)18(11-12(3)4)15-9-7-8-13(10-16)17-15/h7-9,12,14H,5-6,11H2,1-4H3. The maximum absolute atomic E-state index is 8.95. The van der Waals surface area contributed by atoms with Gasteiger partial charge in [0.1, 0.15) is 17.6 Å². The fourth-order valence-corrected chi connectivity index (χ4v) is 2.20. The first-order chi connectivity index (χ1) is 8.62. The van der Waals surface area contributed by atoms with Gasteiger partial charge in [0, 0.05) is 12.6 Å². The Bertz CT molecular complexity index is 402. The van der Waals surface area contributed by atoms with E-state index in [0.29, 0.717) is 17.7 Å². The van der Waals surface area contributed by atoms with Gasteiger partial charge in [-0.1, -0.05) is 33.8 Å². The van der Waals surface area contributed by atoms with Crippen molar-refractivity contribution in [2.75, 3.05) is 11.4 Å². The van der Waals surface area contributed by atoms with E-state index in [-0.39, 0.29) is 0 Å². The van der Waals surface area contributed by atoms with Crippen LogP contribution in [0.4, 0.5) is 5.82 Å². The average Bonchev–Trinajstić information content (AvgIpc) is 2.38. The minimum Gasteiger partial charge on any atom is -0.353 e. The number of hydrogen-bond acceptors (Lipinski definition) is 3. The zero-order valence-electron chi connectivity index (χ0n) is 11.8. The molecule has 3 heteroatoms. The third kappa shape index (κ3) is 3.73. The van der Waals surface area contributed by atoms with Crippen molar-refractivity contribution in [3.05, 3.63) is 23.9 Å². The van der Waals surface area contributed by atoms with Crippen molar-refractivity contribution < 1.29 is 0 Å². The van der Waals surface area contributed by atoms with Crippen LogP contribution in [-0.2, 0) is 0 Å². The molecule has 3 nitrogen and oxygen atoms in total. The van der Waals surface area contributed by atoms with Crippen LogP contribution < -0.4 is 4.90 Å². The molecule has 0 N–H and O–H groups in total. The summed E-state index contributed by atoms with van der Waals surface area (Å²) in [6.45, 7) is 9.81. The van der Waals surface area contributed by atoms with Crippen molar-refractivity contribution in [3.8, 4) is 6.07 Å². The first-order valence-electron chi connectivity index (χ1n) is 6.76. The monoisotopic (exact) mass is 245 g/mol. The predicted molar refractivity (Wildman–Crippen MR) is 75.5 cm³/mol. The molecule has 0 radical (unpaired) electrons. The van der Waals surface area contributed by atoms with Crippen molar-refractivity contribution in [2.45, 2.75) is 46.6 Å². The van der Waals surface area contributed by atoms with E-state index in [1.807, 2.05) is 12.1 Å². The lowest BCUT2D eigenvalue weighted by atomic mass is 10.1. The molecule has 0 bridgehead atoms. The van der Waals surface area contributed by atoms with Gasteiger partial charge in [0.05, 0.1) is 0 Å². The summed E-state index contributed by atoms with van der Waals surface area (Å²) in [4.78, 5) is 6.77. The van der Waals surface area contributed by atoms with Crippen molar-refractivity contribution in [3.63, 3.8) is 0 Å². The van der Waals surface area contributed by atoms with Gasteiger partial charge in [-0.25, -0.2) is 4.98 Å². The Labute approximate surface area is 110 Å². The molecule has 1 rings (SSSR count). The second-order valence-electron chi connectivity index (χ2n) is 5.01. The first-order valence-corrected chi connectivity index (χ1v) is 6.76. The van der Waals surface area contributed by atoms with Crippen LogP contribution in [0.25, 0.3) is 0 Å². The van der Waals surface area contributed by atoms with Crippen LogP contribution in [-0.4, -0.2) is 17.6 Å². The number of rotatable bonds is 6. The van der Waals surface area contributed by atoms with E-state index >= 15 is 0 Å². The molecule has 0 fully saturated rings. The van der Waals surface area contributed by atoms with Gasteiger partial charge in [-0.2, -0.15) is 5.26 Å². The van der Waals surface area contributed by atoms with Crippen LogP contribution in [0.1, 0.15) is 46.2 Å². The predicted octanol–water partition coefficient (Wildman–Crippen LogP) is 3.60. The van der Waals surface area contributed by atoms with Crippen LogP contribution in [0, 0.1) is 17.2 Å². The molecule has 1 aromatic rings. The molecule has 0 unspecified atom stereocenters. The Morgan fingerprint density at radius 2 is 1.94 bits per heavy atom. The minimum absolute atomic E-state index is 0.493. The molecule has 98 valence electrons. The molecule has 0 aliphatic rings.